The van der Waals surface area contributed by atoms with Crippen molar-refractivity contribution in [2.45, 2.75) is 13.3 Å². The number of hydrogen-bond acceptors (Lipinski definition) is 3. The molecule has 0 radical (unpaired) electrons. The molecular weight excluding hydrogens is 276 g/mol. The summed E-state index contributed by atoms with van der Waals surface area (Å²) >= 11 is 5.77. The topological polar surface area (TPSA) is 43.8 Å². The third-order valence-electron chi connectivity index (χ3n) is 3.72. The van der Waals surface area contributed by atoms with Gasteiger partial charge in [0.15, 0.2) is 0 Å². The van der Waals surface area contributed by atoms with Gasteiger partial charge in [-0.15, -0.1) is 11.6 Å². The van der Waals surface area contributed by atoms with Crippen LogP contribution in [0.4, 0.5) is 0 Å². The standard InChI is InChI=1S/C15H21ClN2O2/c1-12-11-13(19)3-4-14(12)15(20)18-7-2-6-17(8-5-16)9-10-18/h3-4,11,19H,2,5-10H2,1H3. The minimum Gasteiger partial charge on any atom is -0.508 e. The first-order valence-corrected chi connectivity index (χ1v) is 7.52. The van der Waals surface area contributed by atoms with E-state index in [2.05, 4.69) is 4.90 Å². The van der Waals surface area contributed by atoms with Crippen molar-refractivity contribution < 1.29 is 9.90 Å². The third kappa shape index (κ3) is 3.64. The molecule has 0 aliphatic carbocycles. The van der Waals surface area contributed by atoms with Gasteiger partial charge in [0.2, 0.25) is 0 Å². The highest BCUT2D eigenvalue weighted by Gasteiger charge is 2.21. The van der Waals surface area contributed by atoms with Crippen molar-refractivity contribution in [2.24, 2.45) is 0 Å². The van der Waals surface area contributed by atoms with E-state index in [-0.39, 0.29) is 11.7 Å². The molecule has 0 bridgehead atoms. The summed E-state index contributed by atoms with van der Waals surface area (Å²) in [5.74, 6) is 0.879. The van der Waals surface area contributed by atoms with Gasteiger partial charge in [-0.25, -0.2) is 0 Å². The van der Waals surface area contributed by atoms with E-state index in [1.165, 1.54) is 0 Å². The largest absolute Gasteiger partial charge is 0.508 e. The Hall–Kier alpha value is -1.26. The second-order valence-electron chi connectivity index (χ2n) is 5.18. The number of phenolic OH excluding ortho intramolecular Hbond substituents is 1. The van der Waals surface area contributed by atoms with E-state index in [1.54, 1.807) is 18.2 Å². The van der Waals surface area contributed by atoms with Crippen LogP contribution in [0, 0.1) is 6.92 Å². The lowest BCUT2D eigenvalue weighted by Crippen LogP contribution is -2.36. The Morgan fingerprint density at radius 1 is 1.30 bits per heavy atom. The normalized spacial score (nSPS) is 17.0. The summed E-state index contributed by atoms with van der Waals surface area (Å²) in [5, 5.41) is 9.42. The van der Waals surface area contributed by atoms with Crippen LogP contribution in [0.1, 0.15) is 22.3 Å². The van der Waals surface area contributed by atoms with Crippen molar-refractivity contribution in [1.82, 2.24) is 9.80 Å². The lowest BCUT2D eigenvalue weighted by molar-refractivity contribution is 0.0761. The van der Waals surface area contributed by atoms with Crippen LogP contribution in [0.3, 0.4) is 0 Å². The summed E-state index contributed by atoms with van der Waals surface area (Å²) in [5.41, 5.74) is 1.49. The first-order chi connectivity index (χ1) is 9.61. The molecule has 2 rings (SSSR count). The predicted molar refractivity (Wildman–Crippen MR) is 80.5 cm³/mol. The molecule has 4 nitrogen and oxygen atoms in total. The highest BCUT2D eigenvalue weighted by Crippen LogP contribution is 2.18. The van der Waals surface area contributed by atoms with Crippen molar-refractivity contribution in [3.8, 4) is 5.75 Å². The summed E-state index contributed by atoms with van der Waals surface area (Å²) in [6, 6.07) is 4.90. The Balaban J connectivity index is 2.05. The van der Waals surface area contributed by atoms with Crippen LogP contribution in [-0.2, 0) is 0 Å². The number of aryl methyl sites for hydroxylation is 1. The molecule has 1 aliphatic heterocycles. The zero-order chi connectivity index (χ0) is 14.5. The first kappa shape index (κ1) is 15.1. The van der Waals surface area contributed by atoms with E-state index in [9.17, 15) is 9.90 Å². The Bertz CT molecular complexity index is 479. The number of hydrogen-bond donors (Lipinski definition) is 1. The molecule has 1 fully saturated rings. The number of nitrogens with zero attached hydrogens (tertiary/aromatic N) is 2. The first-order valence-electron chi connectivity index (χ1n) is 6.99. The molecule has 0 aromatic heterocycles. The zero-order valence-electron chi connectivity index (χ0n) is 11.8. The van der Waals surface area contributed by atoms with Gasteiger partial charge in [-0.2, -0.15) is 0 Å². The quantitative estimate of drug-likeness (QED) is 0.869. The van der Waals surface area contributed by atoms with Gasteiger partial charge in [-0.1, -0.05) is 0 Å². The van der Waals surface area contributed by atoms with E-state index in [0.717, 1.165) is 44.7 Å². The number of alkyl halides is 1. The van der Waals surface area contributed by atoms with E-state index < -0.39 is 0 Å². The van der Waals surface area contributed by atoms with E-state index in [0.29, 0.717) is 11.4 Å². The van der Waals surface area contributed by atoms with Crippen molar-refractivity contribution >= 4 is 17.5 Å². The minimum atomic E-state index is 0.0511. The Kier molecular flexibility index (Phi) is 5.26. The molecule has 1 heterocycles. The fourth-order valence-electron chi connectivity index (χ4n) is 2.58. The number of amides is 1. The van der Waals surface area contributed by atoms with Crippen LogP contribution in [0.5, 0.6) is 5.75 Å². The molecule has 110 valence electrons. The third-order valence-corrected chi connectivity index (χ3v) is 3.89. The van der Waals surface area contributed by atoms with Crippen molar-refractivity contribution in [2.75, 3.05) is 38.6 Å². The maximum Gasteiger partial charge on any atom is 0.254 e. The smallest absolute Gasteiger partial charge is 0.254 e. The van der Waals surface area contributed by atoms with E-state index in [1.807, 2.05) is 11.8 Å². The van der Waals surface area contributed by atoms with Gasteiger partial charge in [0.1, 0.15) is 5.75 Å². The summed E-state index contributed by atoms with van der Waals surface area (Å²) in [7, 11) is 0. The van der Waals surface area contributed by atoms with Gasteiger partial charge in [0.25, 0.3) is 5.91 Å². The van der Waals surface area contributed by atoms with Crippen LogP contribution in [0.25, 0.3) is 0 Å². The van der Waals surface area contributed by atoms with Crippen molar-refractivity contribution in [3.05, 3.63) is 29.3 Å². The van der Waals surface area contributed by atoms with E-state index >= 15 is 0 Å². The van der Waals surface area contributed by atoms with Gasteiger partial charge >= 0.3 is 0 Å². The molecule has 1 saturated heterocycles. The fourth-order valence-corrected chi connectivity index (χ4v) is 2.81. The van der Waals surface area contributed by atoms with Gasteiger partial charge in [-0.05, 0) is 43.7 Å². The van der Waals surface area contributed by atoms with Crippen LogP contribution in [-0.4, -0.2) is 59.4 Å². The Labute approximate surface area is 124 Å². The monoisotopic (exact) mass is 296 g/mol. The fraction of sp³-hybridized carbons (Fsp3) is 0.533. The summed E-state index contributed by atoms with van der Waals surface area (Å²) in [4.78, 5) is 16.7. The molecule has 1 aromatic rings. The molecule has 1 amide bonds. The molecule has 1 N–H and O–H groups in total. The Morgan fingerprint density at radius 3 is 2.80 bits per heavy atom. The van der Waals surface area contributed by atoms with Gasteiger partial charge in [0.05, 0.1) is 0 Å². The number of aromatic hydroxyl groups is 1. The predicted octanol–water partition coefficient (Wildman–Crippen LogP) is 2.09. The van der Waals surface area contributed by atoms with E-state index in [4.69, 9.17) is 11.6 Å². The SMILES string of the molecule is Cc1cc(O)ccc1C(=O)N1CCCN(CCCl)CC1. The van der Waals surface area contributed by atoms with Gasteiger partial charge < -0.3 is 14.9 Å². The highest BCUT2D eigenvalue weighted by atomic mass is 35.5. The molecule has 20 heavy (non-hydrogen) atoms. The molecule has 1 aromatic carbocycles. The van der Waals surface area contributed by atoms with Crippen LogP contribution < -0.4 is 0 Å². The molecule has 0 atom stereocenters. The lowest BCUT2D eigenvalue weighted by Gasteiger charge is -2.22. The maximum absolute atomic E-state index is 12.5. The number of phenols is 1. The molecule has 1 aliphatic rings. The van der Waals surface area contributed by atoms with Crippen LogP contribution in [0.15, 0.2) is 18.2 Å². The molecule has 0 spiro atoms. The number of halogens is 1. The summed E-state index contributed by atoms with van der Waals surface area (Å²) in [6.07, 6.45) is 0.972. The second-order valence-corrected chi connectivity index (χ2v) is 5.55. The lowest BCUT2D eigenvalue weighted by atomic mass is 10.1. The molecular formula is C15H21ClN2O2. The van der Waals surface area contributed by atoms with Crippen LogP contribution >= 0.6 is 11.6 Å². The zero-order valence-corrected chi connectivity index (χ0v) is 12.6. The summed E-state index contributed by atoms with van der Waals surface area (Å²) < 4.78 is 0. The Morgan fingerprint density at radius 2 is 2.10 bits per heavy atom. The van der Waals surface area contributed by atoms with Crippen molar-refractivity contribution in [1.29, 1.82) is 0 Å². The summed E-state index contributed by atoms with van der Waals surface area (Å²) in [6.45, 7) is 6.10. The minimum absolute atomic E-state index is 0.0511. The average molecular weight is 297 g/mol. The van der Waals surface area contributed by atoms with Gasteiger partial charge in [0, 0.05) is 37.6 Å². The second kappa shape index (κ2) is 6.95. The van der Waals surface area contributed by atoms with Crippen molar-refractivity contribution in [3.63, 3.8) is 0 Å². The number of carbonyl (C=O) groups excluding carboxylic acids is 1. The van der Waals surface area contributed by atoms with Gasteiger partial charge in [-0.3, -0.25) is 4.79 Å². The molecule has 0 unspecified atom stereocenters. The molecule has 5 heteroatoms. The molecule has 0 saturated carbocycles. The number of carbonyl (C=O) groups is 1. The number of rotatable bonds is 3. The highest BCUT2D eigenvalue weighted by molar-refractivity contribution is 6.18. The van der Waals surface area contributed by atoms with Crippen LogP contribution in [0.2, 0.25) is 0 Å². The number of benzene rings is 1. The maximum atomic E-state index is 12.5. The average Bonchev–Trinajstić information content (AvgIpc) is 2.64.